The molecule has 2 aromatic carbocycles. The van der Waals surface area contributed by atoms with Crippen LogP contribution < -0.4 is 15.0 Å². The summed E-state index contributed by atoms with van der Waals surface area (Å²) in [6.07, 6.45) is -0.166. The number of hydroxylamine groups is 1. The van der Waals surface area contributed by atoms with Crippen molar-refractivity contribution in [3.8, 4) is 11.5 Å². The molecule has 0 radical (unpaired) electrons. The maximum Gasteiger partial charge on any atom is 0.265 e. The van der Waals surface area contributed by atoms with Crippen LogP contribution in [0.1, 0.15) is 19.8 Å². The molecule has 1 fully saturated rings. The van der Waals surface area contributed by atoms with E-state index in [4.69, 9.17) is 19.4 Å². The molecule has 0 bridgehead atoms. The summed E-state index contributed by atoms with van der Waals surface area (Å²) in [5.41, 5.74) is 1.48. The second-order valence-corrected chi connectivity index (χ2v) is 12.7. The van der Waals surface area contributed by atoms with Crippen LogP contribution in [-0.4, -0.2) is 65.4 Å². The highest BCUT2D eigenvalue weighted by Crippen LogP contribution is 2.35. The predicted octanol–water partition coefficient (Wildman–Crippen LogP) is 2.01. The van der Waals surface area contributed by atoms with Crippen molar-refractivity contribution in [2.75, 3.05) is 32.7 Å². The molecule has 1 aliphatic rings. The minimum atomic E-state index is -4.14. The zero-order valence-corrected chi connectivity index (χ0v) is 21.1. The molecule has 3 rings (SSSR count). The molecule has 2 N–H and O–H groups in total. The van der Waals surface area contributed by atoms with Gasteiger partial charge >= 0.3 is 0 Å². The van der Waals surface area contributed by atoms with Gasteiger partial charge in [-0.3, -0.25) is 10.0 Å². The molecule has 1 atom stereocenters. The molecule has 1 amide bonds. The Balaban J connectivity index is 1.66. The summed E-state index contributed by atoms with van der Waals surface area (Å²) >= 11 is 0. The van der Waals surface area contributed by atoms with Crippen LogP contribution in [0.15, 0.2) is 58.3 Å². The third-order valence-electron chi connectivity index (χ3n) is 5.92. The van der Waals surface area contributed by atoms with Gasteiger partial charge in [-0.15, -0.1) is 0 Å². The normalized spacial score (nSPS) is 16.8. The van der Waals surface area contributed by atoms with Gasteiger partial charge in [-0.1, -0.05) is 6.92 Å². The van der Waals surface area contributed by atoms with Crippen molar-refractivity contribution in [3.63, 3.8) is 0 Å². The van der Waals surface area contributed by atoms with E-state index in [-0.39, 0.29) is 54.1 Å². The molecule has 0 spiro atoms. The number of hydrogen-bond acceptors (Lipinski definition) is 9. The Morgan fingerprint density at radius 3 is 2.09 bits per heavy atom. The van der Waals surface area contributed by atoms with E-state index in [0.29, 0.717) is 11.5 Å². The van der Waals surface area contributed by atoms with Crippen molar-refractivity contribution in [1.29, 1.82) is 0 Å². The maximum atomic E-state index is 13.3. The lowest BCUT2D eigenvalue weighted by atomic mass is 9.98. The van der Waals surface area contributed by atoms with Crippen LogP contribution in [0.3, 0.4) is 0 Å². The molecular formula is C23H29NO9S2. The quantitative estimate of drug-likeness (QED) is 0.350. The molecule has 192 valence electrons. The number of rotatable bonds is 10. The van der Waals surface area contributed by atoms with E-state index in [0.717, 1.165) is 0 Å². The van der Waals surface area contributed by atoms with Gasteiger partial charge in [-0.05, 0) is 61.4 Å². The largest absolute Gasteiger partial charge is 0.497 e. The number of ether oxygens (including phenoxy) is 3. The van der Waals surface area contributed by atoms with E-state index in [1.54, 1.807) is 19.1 Å². The monoisotopic (exact) mass is 527 g/mol. The molecule has 1 saturated heterocycles. The maximum absolute atomic E-state index is 13.3. The fourth-order valence-corrected chi connectivity index (χ4v) is 7.43. The van der Waals surface area contributed by atoms with Gasteiger partial charge in [-0.2, -0.15) is 0 Å². The number of hydrogen-bond donors (Lipinski definition) is 2. The van der Waals surface area contributed by atoms with E-state index in [2.05, 4.69) is 0 Å². The summed E-state index contributed by atoms with van der Waals surface area (Å²) < 4.78 is 65.9. The van der Waals surface area contributed by atoms with Gasteiger partial charge in [0.1, 0.15) is 11.5 Å². The molecular weight excluding hydrogens is 498 g/mol. The Kier molecular flexibility index (Phi) is 8.42. The van der Waals surface area contributed by atoms with Crippen molar-refractivity contribution in [2.45, 2.75) is 34.3 Å². The first kappa shape index (κ1) is 26.9. The third kappa shape index (κ3) is 5.77. The molecule has 10 nitrogen and oxygen atoms in total. The summed E-state index contributed by atoms with van der Waals surface area (Å²) in [5, 5.41) is 9.13. The molecule has 0 aromatic heterocycles. The molecule has 0 saturated carbocycles. The minimum Gasteiger partial charge on any atom is -0.497 e. The van der Waals surface area contributed by atoms with Crippen LogP contribution >= 0.6 is 0 Å². The first-order valence-electron chi connectivity index (χ1n) is 10.9. The van der Waals surface area contributed by atoms with Crippen molar-refractivity contribution in [3.05, 3.63) is 48.5 Å². The molecule has 1 heterocycles. The number of carbonyl (C=O) groups excluding carboxylic acids is 1. The van der Waals surface area contributed by atoms with Gasteiger partial charge in [0.05, 0.1) is 29.3 Å². The molecule has 35 heavy (non-hydrogen) atoms. The lowest BCUT2D eigenvalue weighted by Gasteiger charge is -2.34. The topological polar surface area (TPSA) is 145 Å². The summed E-state index contributed by atoms with van der Waals surface area (Å²) in [5.74, 6) is -0.555. The van der Waals surface area contributed by atoms with Crippen molar-refractivity contribution in [1.82, 2.24) is 5.48 Å². The highest BCUT2D eigenvalue weighted by Gasteiger charge is 2.52. The number of benzene rings is 2. The Morgan fingerprint density at radius 2 is 1.54 bits per heavy atom. The Morgan fingerprint density at radius 1 is 1.00 bits per heavy atom. The van der Waals surface area contributed by atoms with E-state index in [1.165, 1.54) is 49.0 Å². The van der Waals surface area contributed by atoms with Gasteiger partial charge in [0, 0.05) is 19.1 Å². The zero-order chi connectivity index (χ0) is 25.7. The summed E-state index contributed by atoms with van der Waals surface area (Å²) in [4.78, 5) is 12.4. The summed E-state index contributed by atoms with van der Waals surface area (Å²) in [7, 11) is -6.17. The van der Waals surface area contributed by atoms with Gasteiger partial charge in [0.2, 0.25) is 0 Å². The number of sulfone groups is 2. The molecule has 0 aliphatic carbocycles. The number of amides is 1. The highest BCUT2D eigenvalue weighted by atomic mass is 32.2. The average Bonchev–Trinajstić information content (AvgIpc) is 2.87. The highest BCUT2D eigenvalue weighted by molar-refractivity contribution is 7.93. The average molecular weight is 528 g/mol. The van der Waals surface area contributed by atoms with Gasteiger partial charge < -0.3 is 14.2 Å². The van der Waals surface area contributed by atoms with Crippen molar-refractivity contribution in [2.24, 2.45) is 5.92 Å². The first-order chi connectivity index (χ1) is 16.6. The van der Waals surface area contributed by atoms with Gasteiger partial charge in [-0.25, -0.2) is 22.3 Å². The number of nitrogens with one attached hydrogen (secondary N) is 1. The molecule has 0 unspecified atom stereocenters. The van der Waals surface area contributed by atoms with Crippen LogP contribution in [0.2, 0.25) is 0 Å². The lowest BCUT2D eigenvalue weighted by molar-refractivity contribution is -0.134. The van der Waals surface area contributed by atoms with Gasteiger partial charge in [0.25, 0.3) is 5.91 Å². The first-order valence-corrected chi connectivity index (χ1v) is 14.1. The molecule has 2 aromatic rings. The number of methoxy groups -OCH3 is 1. The van der Waals surface area contributed by atoms with Gasteiger partial charge in [0.15, 0.2) is 24.4 Å². The van der Waals surface area contributed by atoms with Crippen LogP contribution in [-0.2, 0) is 29.2 Å². The van der Waals surface area contributed by atoms with Crippen LogP contribution in [0, 0.1) is 5.92 Å². The Hall–Kier alpha value is -2.67. The standard InChI is InChI=1S/C23H29NO9S2/c1-17(16-34(27,28)20-7-3-18(31-2)4-8-20)15-33-19-5-9-21(10-6-19)35(29,30)23(22(25)24-26)11-13-32-14-12-23/h3-10,17,26H,11-16H2,1-2H3,(H,24,25)/t17-/m1/s1. The van der Waals surface area contributed by atoms with E-state index in [1.807, 2.05) is 0 Å². The second kappa shape index (κ2) is 10.9. The van der Waals surface area contributed by atoms with E-state index < -0.39 is 30.3 Å². The zero-order valence-electron chi connectivity index (χ0n) is 19.5. The predicted molar refractivity (Wildman–Crippen MR) is 126 cm³/mol. The van der Waals surface area contributed by atoms with Crippen LogP contribution in [0.5, 0.6) is 11.5 Å². The Bertz CT molecular complexity index is 1220. The van der Waals surface area contributed by atoms with Crippen molar-refractivity contribution >= 4 is 25.6 Å². The summed E-state index contributed by atoms with van der Waals surface area (Å²) in [6.45, 7) is 1.98. The second-order valence-electron chi connectivity index (χ2n) is 8.40. The SMILES string of the molecule is COc1ccc(S(=O)(=O)C[C@H](C)COc2ccc(S(=O)(=O)C3(C(=O)NO)CCOCC3)cc2)cc1. The molecule has 12 heteroatoms. The fourth-order valence-electron chi connectivity index (χ4n) is 3.90. The third-order valence-corrected chi connectivity index (χ3v) is 10.4. The summed E-state index contributed by atoms with van der Waals surface area (Å²) in [6, 6.07) is 11.7. The van der Waals surface area contributed by atoms with E-state index >= 15 is 0 Å². The van der Waals surface area contributed by atoms with Crippen LogP contribution in [0.25, 0.3) is 0 Å². The van der Waals surface area contributed by atoms with E-state index in [9.17, 15) is 21.6 Å². The minimum absolute atomic E-state index is 0.0746. The number of carbonyl (C=O) groups is 1. The van der Waals surface area contributed by atoms with Crippen LogP contribution in [0.4, 0.5) is 0 Å². The molecule has 1 aliphatic heterocycles. The Labute approximate surface area is 205 Å². The lowest BCUT2D eigenvalue weighted by Crippen LogP contribution is -2.54. The fraction of sp³-hybridized carbons (Fsp3) is 0.435. The van der Waals surface area contributed by atoms with Crippen molar-refractivity contribution < 1.29 is 41.0 Å². The smallest absolute Gasteiger partial charge is 0.265 e.